The molecule has 0 fully saturated rings. The number of aromatic amines is 2. The Bertz CT molecular complexity index is 1040. The number of hydrogen-bond acceptors (Lipinski definition) is 1. The van der Waals surface area contributed by atoms with Crippen LogP contribution in [0.3, 0.4) is 0 Å². The number of hydrogen-bond donors (Lipinski definition) is 2. The van der Waals surface area contributed by atoms with E-state index in [4.69, 9.17) is 0 Å². The van der Waals surface area contributed by atoms with E-state index in [1.807, 2.05) is 42.6 Å². The van der Waals surface area contributed by atoms with Crippen LogP contribution < -0.4 is 0 Å². The van der Waals surface area contributed by atoms with Gasteiger partial charge in [0, 0.05) is 45.7 Å². The Morgan fingerprint density at radius 2 is 1.67 bits per heavy atom. The molecule has 2 N–H and O–H groups in total. The minimum Gasteiger partial charge on any atom is -0.360 e. The van der Waals surface area contributed by atoms with Gasteiger partial charge in [0.15, 0.2) is 5.78 Å². The van der Waals surface area contributed by atoms with Crippen molar-refractivity contribution in [2.75, 3.05) is 0 Å². The van der Waals surface area contributed by atoms with Crippen molar-refractivity contribution in [1.29, 1.82) is 0 Å². The molecular formula is C21H20N2O. The highest BCUT2D eigenvalue weighted by atomic mass is 16.1. The van der Waals surface area contributed by atoms with E-state index in [1.54, 1.807) is 0 Å². The number of carbonyl (C=O) groups excluding carboxylic acids is 1. The van der Waals surface area contributed by atoms with E-state index in [2.05, 4.69) is 35.9 Å². The van der Waals surface area contributed by atoms with Crippen LogP contribution in [-0.4, -0.2) is 15.8 Å². The number of Topliss-reactive ketones (excluding diaryl/α,β-unsaturated/α-hetero) is 1. The van der Waals surface area contributed by atoms with Gasteiger partial charge in [-0.25, -0.2) is 0 Å². The van der Waals surface area contributed by atoms with Gasteiger partial charge in [0.2, 0.25) is 0 Å². The molecular weight excluding hydrogens is 296 g/mol. The molecule has 1 unspecified atom stereocenters. The number of benzene rings is 2. The minimum atomic E-state index is 0.169. The van der Waals surface area contributed by atoms with Gasteiger partial charge < -0.3 is 9.97 Å². The van der Waals surface area contributed by atoms with E-state index in [0.29, 0.717) is 6.42 Å². The minimum absolute atomic E-state index is 0.169. The van der Waals surface area contributed by atoms with Crippen molar-refractivity contribution in [3.63, 3.8) is 0 Å². The van der Waals surface area contributed by atoms with Gasteiger partial charge in [-0.2, -0.15) is 0 Å². The van der Waals surface area contributed by atoms with Crippen molar-refractivity contribution in [3.05, 3.63) is 71.5 Å². The van der Waals surface area contributed by atoms with Crippen LogP contribution in [0.15, 0.2) is 54.7 Å². The fraction of sp³-hybridized carbons (Fsp3) is 0.190. The summed E-state index contributed by atoms with van der Waals surface area (Å²) in [6.07, 6.45) is 2.34. The van der Waals surface area contributed by atoms with Crippen LogP contribution in [0.4, 0.5) is 0 Å². The second-order valence-corrected chi connectivity index (χ2v) is 6.49. The molecule has 24 heavy (non-hydrogen) atoms. The van der Waals surface area contributed by atoms with E-state index in [0.717, 1.165) is 27.7 Å². The third kappa shape index (κ3) is 2.33. The molecule has 2 aromatic heterocycles. The van der Waals surface area contributed by atoms with Crippen molar-refractivity contribution in [2.45, 2.75) is 26.2 Å². The highest BCUT2D eigenvalue weighted by Crippen LogP contribution is 2.32. The number of H-pyrrole nitrogens is 2. The highest BCUT2D eigenvalue weighted by Gasteiger charge is 2.20. The molecule has 0 aliphatic rings. The van der Waals surface area contributed by atoms with Crippen molar-refractivity contribution in [2.24, 2.45) is 0 Å². The van der Waals surface area contributed by atoms with E-state index < -0.39 is 0 Å². The Labute approximate surface area is 140 Å². The molecule has 120 valence electrons. The average Bonchev–Trinajstić information content (AvgIpc) is 3.14. The largest absolute Gasteiger partial charge is 0.360 e. The Morgan fingerprint density at radius 3 is 2.46 bits per heavy atom. The van der Waals surface area contributed by atoms with Crippen LogP contribution in [0.2, 0.25) is 0 Å². The summed E-state index contributed by atoms with van der Waals surface area (Å²) in [6, 6.07) is 16.2. The number of aryl methyl sites for hydroxylation is 1. The van der Waals surface area contributed by atoms with Gasteiger partial charge in [-0.15, -0.1) is 0 Å². The van der Waals surface area contributed by atoms with Gasteiger partial charge in [-0.1, -0.05) is 43.3 Å². The molecule has 0 spiro atoms. The summed E-state index contributed by atoms with van der Waals surface area (Å²) in [5.41, 5.74) is 5.33. The molecule has 3 nitrogen and oxygen atoms in total. The monoisotopic (exact) mass is 316 g/mol. The maximum absolute atomic E-state index is 12.8. The maximum atomic E-state index is 12.8. The van der Waals surface area contributed by atoms with Gasteiger partial charge in [0.25, 0.3) is 0 Å². The summed E-state index contributed by atoms with van der Waals surface area (Å²) in [6.45, 7) is 4.22. The van der Waals surface area contributed by atoms with E-state index >= 15 is 0 Å². The number of nitrogens with one attached hydrogen (secondary N) is 2. The second-order valence-electron chi connectivity index (χ2n) is 6.49. The van der Waals surface area contributed by atoms with E-state index in [-0.39, 0.29) is 11.7 Å². The summed E-state index contributed by atoms with van der Waals surface area (Å²) >= 11 is 0. The molecule has 0 saturated heterocycles. The van der Waals surface area contributed by atoms with Crippen molar-refractivity contribution < 1.29 is 4.79 Å². The number of carbonyl (C=O) groups is 1. The molecule has 2 aromatic carbocycles. The summed E-state index contributed by atoms with van der Waals surface area (Å²) in [7, 11) is 0. The fourth-order valence-electron chi connectivity index (χ4n) is 3.73. The molecule has 1 atom stereocenters. The molecule has 0 radical (unpaired) electrons. The first-order chi connectivity index (χ1) is 11.6. The maximum Gasteiger partial charge on any atom is 0.165 e. The lowest BCUT2D eigenvalue weighted by Gasteiger charge is -2.11. The smallest absolute Gasteiger partial charge is 0.165 e. The molecule has 0 saturated carbocycles. The molecule has 0 bridgehead atoms. The zero-order valence-corrected chi connectivity index (χ0v) is 13.9. The van der Waals surface area contributed by atoms with Gasteiger partial charge in [-0.05, 0) is 30.5 Å². The van der Waals surface area contributed by atoms with Crippen LogP contribution in [0.1, 0.15) is 40.9 Å². The predicted molar refractivity (Wildman–Crippen MR) is 98.7 cm³/mol. The summed E-state index contributed by atoms with van der Waals surface area (Å²) in [4.78, 5) is 19.5. The van der Waals surface area contributed by atoms with Crippen LogP contribution in [0.5, 0.6) is 0 Å². The van der Waals surface area contributed by atoms with E-state index in [9.17, 15) is 4.79 Å². The molecule has 4 aromatic rings. The van der Waals surface area contributed by atoms with Crippen LogP contribution >= 0.6 is 0 Å². The zero-order chi connectivity index (χ0) is 16.7. The number of ketones is 1. The molecule has 2 heterocycles. The highest BCUT2D eigenvalue weighted by molar-refractivity contribution is 6.08. The second kappa shape index (κ2) is 5.68. The summed E-state index contributed by atoms with van der Waals surface area (Å²) in [5.74, 6) is 0.354. The molecule has 3 heteroatoms. The third-order valence-corrected chi connectivity index (χ3v) is 4.82. The number of fused-ring (bicyclic) bond motifs is 2. The lowest BCUT2D eigenvalue weighted by molar-refractivity contribution is 0.0977. The Hall–Kier alpha value is -2.81. The average molecular weight is 316 g/mol. The molecule has 4 rings (SSSR count). The quantitative estimate of drug-likeness (QED) is 0.491. The Kier molecular flexibility index (Phi) is 3.49. The summed E-state index contributed by atoms with van der Waals surface area (Å²) < 4.78 is 0. The van der Waals surface area contributed by atoms with Crippen molar-refractivity contribution in [1.82, 2.24) is 9.97 Å². The zero-order valence-electron chi connectivity index (χ0n) is 13.9. The number of aromatic nitrogens is 2. The number of para-hydroxylation sites is 2. The topological polar surface area (TPSA) is 48.6 Å². The summed E-state index contributed by atoms with van der Waals surface area (Å²) in [5, 5.41) is 2.22. The first kappa shape index (κ1) is 14.8. The molecule has 0 aliphatic carbocycles. The van der Waals surface area contributed by atoms with Crippen LogP contribution in [0, 0.1) is 6.92 Å². The number of rotatable bonds is 4. The van der Waals surface area contributed by atoms with Crippen molar-refractivity contribution in [3.8, 4) is 0 Å². The predicted octanol–water partition coefficient (Wildman–Crippen LogP) is 5.33. The first-order valence-corrected chi connectivity index (χ1v) is 8.31. The van der Waals surface area contributed by atoms with Crippen molar-refractivity contribution >= 4 is 27.6 Å². The van der Waals surface area contributed by atoms with Gasteiger partial charge in [0.05, 0.1) is 0 Å². The van der Waals surface area contributed by atoms with Crippen LogP contribution in [-0.2, 0) is 0 Å². The van der Waals surface area contributed by atoms with Gasteiger partial charge >= 0.3 is 0 Å². The Morgan fingerprint density at radius 1 is 1.00 bits per heavy atom. The third-order valence-electron chi connectivity index (χ3n) is 4.82. The van der Waals surface area contributed by atoms with Gasteiger partial charge in [0.1, 0.15) is 0 Å². The standard InChI is InChI=1S/C21H20N2O/c1-13(21-14(2)23-19-10-6-4-8-16(19)21)11-20(24)17-12-22-18-9-5-3-7-15(17)18/h3-10,12-13,22-23H,11H2,1-2H3. The fourth-order valence-corrected chi connectivity index (χ4v) is 3.73. The molecule has 0 aliphatic heterocycles. The first-order valence-electron chi connectivity index (χ1n) is 8.31. The molecule has 0 amide bonds. The van der Waals surface area contributed by atoms with Gasteiger partial charge in [-0.3, -0.25) is 4.79 Å². The lowest BCUT2D eigenvalue weighted by Crippen LogP contribution is -2.05. The van der Waals surface area contributed by atoms with E-state index in [1.165, 1.54) is 10.9 Å². The van der Waals surface area contributed by atoms with Crippen LogP contribution in [0.25, 0.3) is 21.8 Å². The Balaban J connectivity index is 1.67. The lowest BCUT2D eigenvalue weighted by atomic mass is 9.91. The normalized spacial score (nSPS) is 12.8. The SMILES string of the molecule is Cc1[nH]c2ccccc2c1C(C)CC(=O)c1c[nH]c2ccccc12.